The molecule has 4 rings (SSSR count). The first-order chi connectivity index (χ1) is 15.4. The van der Waals surface area contributed by atoms with Gasteiger partial charge in [-0.1, -0.05) is 23.7 Å². The van der Waals surface area contributed by atoms with Crippen molar-refractivity contribution in [2.75, 3.05) is 24.8 Å². The quantitative estimate of drug-likeness (QED) is 0.695. The molecule has 0 aromatic heterocycles. The minimum absolute atomic E-state index is 0.0752. The number of hydrogen-bond acceptors (Lipinski definition) is 5. The van der Waals surface area contributed by atoms with Crippen molar-refractivity contribution in [3.63, 3.8) is 0 Å². The molecule has 0 radical (unpaired) electrons. The van der Waals surface area contributed by atoms with Gasteiger partial charge in [-0.25, -0.2) is 4.39 Å². The van der Waals surface area contributed by atoms with Gasteiger partial charge in [0, 0.05) is 36.6 Å². The van der Waals surface area contributed by atoms with Crippen molar-refractivity contribution in [1.82, 2.24) is 5.32 Å². The van der Waals surface area contributed by atoms with Crippen molar-refractivity contribution < 1.29 is 18.7 Å². The molecule has 2 aromatic rings. The summed E-state index contributed by atoms with van der Waals surface area (Å²) in [4.78, 5) is 25.0. The molecule has 32 heavy (non-hydrogen) atoms. The molecule has 168 valence electrons. The number of primary amides is 1. The highest BCUT2D eigenvalue weighted by Gasteiger charge is 2.38. The summed E-state index contributed by atoms with van der Waals surface area (Å²) in [6.45, 7) is 1.56. The van der Waals surface area contributed by atoms with Crippen LogP contribution in [-0.4, -0.2) is 43.3 Å². The highest BCUT2D eigenvalue weighted by Crippen LogP contribution is 2.35. The van der Waals surface area contributed by atoms with E-state index in [2.05, 4.69) is 10.4 Å². The molecule has 7 nitrogen and oxygen atoms in total. The summed E-state index contributed by atoms with van der Waals surface area (Å²) in [5.41, 5.74) is 6.96. The molecule has 2 aliphatic heterocycles. The van der Waals surface area contributed by atoms with Gasteiger partial charge in [-0.05, 0) is 54.8 Å². The smallest absolute Gasteiger partial charge is 0.267 e. The third-order valence-electron chi connectivity index (χ3n) is 6.07. The average Bonchev–Trinajstić information content (AvgIpc) is 3.25. The maximum absolute atomic E-state index is 13.3. The number of ether oxygens (including phenoxy) is 1. The summed E-state index contributed by atoms with van der Waals surface area (Å²) in [5.74, 6) is -1.39. The molecule has 0 aliphatic carbocycles. The number of amides is 2. The van der Waals surface area contributed by atoms with E-state index in [1.54, 1.807) is 0 Å². The summed E-state index contributed by atoms with van der Waals surface area (Å²) in [5, 5.41) is 9.33. The first-order valence-electron chi connectivity index (χ1n) is 10.4. The van der Waals surface area contributed by atoms with Gasteiger partial charge in [0.25, 0.3) is 5.91 Å². The molecule has 1 unspecified atom stereocenters. The fourth-order valence-electron chi connectivity index (χ4n) is 4.20. The Morgan fingerprint density at radius 1 is 1.22 bits per heavy atom. The van der Waals surface area contributed by atoms with Gasteiger partial charge in [0.2, 0.25) is 5.91 Å². The Morgan fingerprint density at radius 2 is 1.94 bits per heavy atom. The van der Waals surface area contributed by atoms with E-state index < -0.39 is 17.8 Å². The van der Waals surface area contributed by atoms with Crippen LogP contribution in [0.25, 0.3) is 0 Å². The van der Waals surface area contributed by atoms with Crippen molar-refractivity contribution in [2.24, 2.45) is 10.8 Å². The number of nitrogens with two attached hydrogens (primary N) is 1. The summed E-state index contributed by atoms with van der Waals surface area (Å²) in [7, 11) is 0. The van der Waals surface area contributed by atoms with Crippen LogP contribution in [0.2, 0.25) is 5.02 Å². The van der Waals surface area contributed by atoms with Gasteiger partial charge in [-0.2, -0.15) is 5.10 Å². The zero-order valence-electron chi connectivity index (χ0n) is 17.4. The lowest BCUT2D eigenvalue weighted by atomic mass is 9.74. The summed E-state index contributed by atoms with van der Waals surface area (Å²) >= 11 is 6.21. The van der Waals surface area contributed by atoms with Gasteiger partial charge >= 0.3 is 0 Å². The van der Waals surface area contributed by atoms with Crippen LogP contribution in [0.15, 0.2) is 53.6 Å². The number of nitrogens with zero attached hydrogens (tertiary/aromatic N) is 2. The zero-order valence-corrected chi connectivity index (χ0v) is 18.1. The van der Waals surface area contributed by atoms with E-state index in [1.807, 2.05) is 24.3 Å². The monoisotopic (exact) mass is 458 g/mol. The molecule has 3 N–H and O–H groups in total. The Hall–Kier alpha value is -2.97. The molecule has 0 saturated carbocycles. The topological polar surface area (TPSA) is 97.0 Å². The standard InChI is InChI=1S/C23H24ClFN4O3/c24-16-3-1-2-15(12-16)23(8-10-32-11-9-23)14-27-22(31)19-13-20(21(26)30)29(28-19)18-6-4-17(25)5-7-18/h1-7,12,20H,8-11,13-14H2,(H2,26,30)(H,27,31). The predicted octanol–water partition coefficient (Wildman–Crippen LogP) is 2.76. The van der Waals surface area contributed by atoms with E-state index in [-0.39, 0.29) is 23.5 Å². The number of nitrogens with one attached hydrogen (secondary N) is 1. The van der Waals surface area contributed by atoms with E-state index in [9.17, 15) is 14.0 Å². The molecule has 2 aromatic carbocycles. The van der Waals surface area contributed by atoms with Crippen LogP contribution in [0.3, 0.4) is 0 Å². The largest absolute Gasteiger partial charge is 0.381 e. The van der Waals surface area contributed by atoms with E-state index >= 15 is 0 Å². The average molecular weight is 459 g/mol. The maximum Gasteiger partial charge on any atom is 0.267 e. The van der Waals surface area contributed by atoms with E-state index in [1.165, 1.54) is 29.3 Å². The fraction of sp³-hybridized carbons (Fsp3) is 0.348. The lowest BCUT2D eigenvalue weighted by Gasteiger charge is -2.38. The van der Waals surface area contributed by atoms with Crippen molar-refractivity contribution in [2.45, 2.75) is 30.7 Å². The third-order valence-corrected chi connectivity index (χ3v) is 6.30. The Morgan fingerprint density at radius 3 is 2.59 bits per heavy atom. The van der Waals surface area contributed by atoms with Crippen molar-refractivity contribution in [3.8, 4) is 0 Å². The van der Waals surface area contributed by atoms with Crippen molar-refractivity contribution >= 4 is 34.8 Å². The SMILES string of the molecule is NC(=O)C1CC(C(=O)NCC2(c3cccc(Cl)c3)CCOCC2)=NN1c1ccc(F)cc1. The Bertz CT molecular complexity index is 1040. The number of hydrogen-bond donors (Lipinski definition) is 2. The van der Waals surface area contributed by atoms with Gasteiger partial charge in [0.1, 0.15) is 17.6 Å². The lowest BCUT2D eigenvalue weighted by Crippen LogP contribution is -2.46. The zero-order chi connectivity index (χ0) is 22.7. The van der Waals surface area contributed by atoms with Crippen LogP contribution in [0.5, 0.6) is 0 Å². The van der Waals surface area contributed by atoms with Crippen LogP contribution in [-0.2, 0) is 19.7 Å². The van der Waals surface area contributed by atoms with Gasteiger partial charge in [-0.3, -0.25) is 14.6 Å². The maximum atomic E-state index is 13.3. The summed E-state index contributed by atoms with van der Waals surface area (Å²) < 4.78 is 18.8. The predicted molar refractivity (Wildman–Crippen MR) is 120 cm³/mol. The van der Waals surface area contributed by atoms with Crippen LogP contribution in [0, 0.1) is 5.82 Å². The van der Waals surface area contributed by atoms with E-state index in [0.717, 1.165) is 18.4 Å². The first-order valence-corrected chi connectivity index (χ1v) is 10.8. The number of anilines is 1. The molecule has 1 saturated heterocycles. The third kappa shape index (κ3) is 4.61. The van der Waals surface area contributed by atoms with E-state index in [0.29, 0.717) is 30.5 Å². The normalized spacial score (nSPS) is 20.0. The number of halogens is 2. The second kappa shape index (κ2) is 9.26. The van der Waals surface area contributed by atoms with Crippen LogP contribution >= 0.6 is 11.6 Å². The van der Waals surface area contributed by atoms with Gasteiger partial charge < -0.3 is 15.8 Å². The molecule has 1 fully saturated rings. The number of carbonyl (C=O) groups is 2. The summed E-state index contributed by atoms with van der Waals surface area (Å²) in [6.07, 6.45) is 1.56. The molecule has 2 heterocycles. The first kappa shape index (κ1) is 22.2. The summed E-state index contributed by atoms with van der Waals surface area (Å²) in [6, 6.07) is 12.3. The molecule has 2 aliphatic rings. The minimum atomic E-state index is -0.814. The Labute approximate surface area is 190 Å². The van der Waals surface area contributed by atoms with Crippen molar-refractivity contribution in [1.29, 1.82) is 0 Å². The van der Waals surface area contributed by atoms with Crippen LogP contribution < -0.4 is 16.1 Å². The Kier molecular flexibility index (Phi) is 6.43. The molecule has 9 heteroatoms. The fourth-order valence-corrected chi connectivity index (χ4v) is 4.39. The highest BCUT2D eigenvalue weighted by atomic mass is 35.5. The van der Waals surface area contributed by atoms with Crippen molar-refractivity contribution in [3.05, 3.63) is 64.9 Å². The molecule has 0 bridgehead atoms. The molecular weight excluding hydrogens is 435 g/mol. The van der Waals surface area contributed by atoms with Gasteiger partial charge in [-0.15, -0.1) is 0 Å². The second-order valence-electron chi connectivity index (χ2n) is 8.08. The molecule has 1 atom stereocenters. The van der Waals surface area contributed by atoms with Gasteiger partial charge in [0.05, 0.1) is 5.69 Å². The van der Waals surface area contributed by atoms with Gasteiger partial charge in [0.15, 0.2) is 0 Å². The molecule has 2 amide bonds. The van der Waals surface area contributed by atoms with Crippen LogP contribution in [0.4, 0.5) is 10.1 Å². The molecular formula is C23H24ClFN4O3. The number of rotatable bonds is 6. The number of carbonyl (C=O) groups excluding carboxylic acids is 2. The van der Waals surface area contributed by atoms with E-state index in [4.69, 9.17) is 22.1 Å². The second-order valence-corrected chi connectivity index (χ2v) is 8.51. The Balaban J connectivity index is 1.52. The minimum Gasteiger partial charge on any atom is -0.381 e. The molecule has 0 spiro atoms. The van der Waals surface area contributed by atoms with Crippen LogP contribution in [0.1, 0.15) is 24.8 Å². The number of hydrazone groups is 1. The highest BCUT2D eigenvalue weighted by molar-refractivity contribution is 6.40. The lowest BCUT2D eigenvalue weighted by molar-refractivity contribution is -0.119. The number of benzene rings is 2.